The second kappa shape index (κ2) is 9.55. The predicted molar refractivity (Wildman–Crippen MR) is 110 cm³/mol. The lowest BCUT2D eigenvalue weighted by molar-refractivity contribution is 0.0911. The normalized spacial score (nSPS) is 12.6. The van der Waals surface area contributed by atoms with E-state index in [0.717, 1.165) is 18.8 Å². The van der Waals surface area contributed by atoms with Gasteiger partial charge in [0.05, 0.1) is 12.3 Å². The Labute approximate surface area is 167 Å². The minimum atomic E-state index is -0.307. The monoisotopic (exact) mass is 385 g/mol. The van der Waals surface area contributed by atoms with Crippen molar-refractivity contribution in [1.29, 1.82) is 0 Å². The van der Waals surface area contributed by atoms with Crippen molar-refractivity contribution < 1.29 is 14.0 Å². The lowest BCUT2D eigenvalue weighted by Gasteiger charge is -2.28. The van der Waals surface area contributed by atoms with Crippen molar-refractivity contribution in [2.75, 3.05) is 19.6 Å². The first kappa shape index (κ1) is 21.7. The van der Waals surface area contributed by atoms with E-state index >= 15 is 0 Å². The van der Waals surface area contributed by atoms with Crippen LogP contribution in [-0.2, 0) is 0 Å². The molecule has 0 saturated carbocycles. The van der Waals surface area contributed by atoms with Crippen LogP contribution in [0.15, 0.2) is 47.1 Å². The molecule has 0 bridgehead atoms. The summed E-state index contributed by atoms with van der Waals surface area (Å²) in [6.45, 7) is 12.1. The number of hydrogen-bond donors (Lipinski definition) is 2. The summed E-state index contributed by atoms with van der Waals surface area (Å²) in [6.07, 6.45) is 1.65. The topological polar surface area (TPSA) is 74.6 Å². The highest BCUT2D eigenvalue weighted by atomic mass is 16.3. The average Bonchev–Trinajstić information content (AvgIpc) is 3.18. The number of benzene rings is 1. The van der Waals surface area contributed by atoms with Gasteiger partial charge in [-0.1, -0.05) is 13.8 Å². The molecule has 1 aromatic heterocycles. The third-order valence-electron chi connectivity index (χ3n) is 4.48. The Hall–Kier alpha value is -2.60. The number of carbonyl (C=O) groups is 2. The fourth-order valence-corrected chi connectivity index (χ4v) is 3.03. The summed E-state index contributed by atoms with van der Waals surface area (Å²) < 4.78 is 5.56. The predicted octanol–water partition coefficient (Wildman–Crippen LogP) is 3.62. The maximum absolute atomic E-state index is 12.6. The molecule has 0 saturated heterocycles. The van der Waals surface area contributed by atoms with E-state index in [1.165, 1.54) is 0 Å². The van der Waals surface area contributed by atoms with Crippen LogP contribution in [0.1, 0.15) is 67.1 Å². The van der Waals surface area contributed by atoms with Gasteiger partial charge in [0.2, 0.25) is 0 Å². The Kier molecular flexibility index (Phi) is 7.40. The molecule has 28 heavy (non-hydrogen) atoms. The number of furan rings is 1. The van der Waals surface area contributed by atoms with Gasteiger partial charge >= 0.3 is 0 Å². The lowest BCUT2D eigenvalue weighted by atomic mass is 10.1. The van der Waals surface area contributed by atoms with E-state index in [1.54, 1.807) is 30.5 Å². The Bertz CT molecular complexity index is 757. The summed E-state index contributed by atoms with van der Waals surface area (Å²) in [5.74, 6) is 0.503. The SMILES string of the molecule is CCN(CC)C(CNC(=O)c1ccc(C(=O)NC(C)(C)C)cc1)c1ccco1. The Morgan fingerprint density at radius 3 is 2.04 bits per heavy atom. The molecule has 0 aliphatic rings. The minimum absolute atomic E-state index is 0.0224. The second-order valence-electron chi connectivity index (χ2n) is 7.74. The van der Waals surface area contributed by atoms with E-state index in [0.29, 0.717) is 17.7 Å². The van der Waals surface area contributed by atoms with Crippen LogP contribution < -0.4 is 10.6 Å². The molecule has 0 aliphatic carbocycles. The van der Waals surface area contributed by atoms with Crippen molar-refractivity contribution >= 4 is 11.8 Å². The van der Waals surface area contributed by atoms with Crippen molar-refractivity contribution in [3.05, 3.63) is 59.5 Å². The molecule has 6 nitrogen and oxygen atoms in total. The van der Waals surface area contributed by atoms with Crippen LogP contribution in [0.3, 0.4) is 0 Å². The third-order valence-corrected chi connectivity index (χ3v) is 4.48. The van der Waals surface area contributed by atoms with Crippen LogP contribution in [0.4, 0.5) is 0 Å². The van der Waals surface area contributed by atoms with E-state index in [2.05, 4.69) is 29.4 Å². The number of carbonyl (C=O) groups excluding carboxylic acids is 2. The van der Waals surface area contributed by atoms with E-state index < -0.39 is 0 Å². The van der Waals surface area contributed by atoms with Gasteiger partial charge in [-0.15, -0.1) is 0 Å². The molecular formula is C22H31N3O3. The fraction of sp³-hybridized carbons (Fsp3) is 0.455. The molecule has 1 unspecified atom stereocenters. The summed E-state index contributed by atoms with van der Waals surface area (Å²) >= 11 is 0. The number of amides is 2. The number of rotatable bonds is 8. The van der Waals surface area contributed by atoms with Gasteiger partial charge in [-0.3, -0.25) is 14.5 Å². The van der Waals surface area contributed by atoms with Crippen LogP contribution in [0, 0.1) is 0 Å². The molecule has 6 heteroatoms. The van der Waals surface area contributed by atoms with E-state index in [9.17, 15) is 9.59 Å². The maximum atomic E-state index is 12.6. The summed E-state index contributed by atoms with van der Waals surface area (Å²) in [5, 5.41) is 5.89. The molecule has 0 aliphatic heterocycles. The summed E-state index contributed by atoms with van der Waals surface area (Å²) in [6, 6.07) is 10.4. The zero-order valence-electron chi connectivity index (χ0n) is 17.4. The van der Waals surface area contributed by atoms with Crippen molar-refractivity contribution in [2.24, 2.45) is 0 Å². The largest absolute Gasteiger partial charge is 0.468 e. The highest BCUT2D eigenvalue weighted by molar-refractivity contribution is 5.98. The minimum Gasteiger partial charge on any atom is -0.468 e. The standard InChI is InChI=1S/C22H31N3O3/c1-6-25(7-2)18(19-9-8-14-28-19)15-23-20(26)16-10-12-17(13-11-16)21(27)24-22(3,4)5/h8-14,18H,6-7,15H2,1-5H3,(H,23,26)(H,24,27). The first-order valence-corrected chi connectivity index (χ1v) is 9.73. The zero-order valence-corrected chi connectivity index (χ0v) is 17.4. The Balaban J connectivity index is 2.02. The first-order valence-electron chi connectivity index (χ1n) is 9.73. The van der Waals surface area contributed by atoms with Crippen molar-refractivity contribution in [2.45, 2.75) is 46.2 Å². The Morgan fingerprint density at radius 2 is 1.57 bits per heavy atom. The highest BCUT2D eigenvalue weighted by Gasteiger charge is 2.22. The number of nitrogens with one attached hydrogen (secondary N) is 2. The number of likely N-dealkylation sites (N-methyl/N-ethyl adjacent to an activating group) is 1. The molecule has 2 N–H and O–H groups in total. The van der Waals surface area contributed by atoms with E-state index in [1.807, 2.05) is 32.9 Å². The van der Waals surface area contributed by atoms with Crippen LogP contribution >= 0.6 is 0 Å². The molecule has 2 amide bonds. The zero-order chi connectivity index (χ0) is 20.7. The number of hydrogen-bond acceptors (Lipinski definition) is 4. The molecule has 1 aromatic carbocycles. The smallest absolute Gasteiger partial charge is 0.251 e. The molecule has 0 radical (unpaired) electrons. The van der Waals surface area contributed by atoms with Gasteiger partial charge in [0, 0.05) is 23.2 Å². The first-order chi connectivity index (χ1) is 13.2. The third kappa shape index (κ3) is 5.96. The number of nitrogens with zero attached hydrogens (tertiary/aromatic N) is 1. The van der Waals surface area contributed by atoms with Gasteiger partial charge in [-0.2, -0.15) is 0 Å². The van der Waals surface area contributed by atoms with Gasteiger partial charge in [-0.05, 0) is 70.3 Å². The quantitative estimate of drug-likeness (QED) is 0.728. The van der Waals surface area contributed by atoms with E-state index in [-0.39, 0.29) is 23.4 Å². The molecule has 0 spiro atoms. The maximum Gasteiger partial charge on any atom is 0.251 e. The summed E-state index contributed by atoms with van der Waals surface area (Å²) in [5.41, 5.74) is 0.742. The molecule has 0 fully saturated rings. The van der Waals surface area contributed by atoms with Gasteiger partial charge in [0.1, 0.15) is 5.76 Å². The van der Waals surface area contributed by atoms with Crippen molar-refractivity contribution in [3.8, 4) is 0 Å². The van der Waals surface area contributed by atoms with Gasteiger partial charge in [0.15, 0.2) is 0 Å². The van der Waals surface area contributed by atoms with Gasteiger partial charge in [-0.25, -0.2) is 0 Å². The van der Waals surface area contributed by atoms with Crippen molar-refractivity contribution in [3.63, 3.8) is 0 Å². The summed E-state index contributed by atoms with van der Waals surface area (Å²) in [4.78, 5) is 27.0. The molecular weight excluding hydrogens is 354 g/mol. The summed E-state index contributed by atoms with van der Waals surface area (Å²) in [7, 11) is 0. The fourth-order valence-electron chi connectivity index (χ4n) is 3.03. The Morgan fingerprint density at radius 1 is 1.00 bits per heavy atom. The molecule has 2 rings (SSSR count). The average molecular weight is 386 g/mol. The highest BCUT2D eigenvalue weighted by Crippen LogP contribution is 2.20. The van der Waals surface area contributed by atoms with Crippen LogP contribution in [-0.4, -0.2) is 41.9 Å². The molecule has 1 atom stereocenters. The van der Waals surface area contributed by atoms with Crippen molar-refractivity contribution in [1.82, 2.24) is 15.5 Å². The molecule has 1 heterocycles. The van der Waals surface area contributed by atoms with Gasteiger partial charge < -0.3 is 15.1 Å². The second-order valence-corrected chi connectivity index (χ2v) is 7.74. The van der Waals surface area contributed by atoms with Crippen LogP contribution in [0.5, 0.6) is 0 Å². The van der Waals surface area contributed by atoms with E-state index in [4.69, 9.17) is 4.42 Å². The van der Waals surface area contributed by atoms with Gasteiger partial charge in [0.25, 0.3) is 11.8 Å². The molecule has 152 valence electrons. The van der Waals surface area contributed by atoms with Crippen LogP contribution in [0.25, 0.3) is 0 Å². The van der Waals surface area contributed by atoms with Crippen LogP contribution in [0.2, 0.25) is 0 Å². The molecule has 2 aromatic rings. The lowest BCUT2D eigenvalue weighted by Crippen LogP contribution is -2.40.